The van der Waals surface area contributed by atoms with Gasteiger partial charge in [-0.15, -0.1) is 15.3 Å². The van der Waals surface area contributed by atoms with Crippen LogP contribution >= 0.6 is 11.8 Å². The van der Waals surface area contributed by atoms with Crippen LogP contribution in [0.4, 0.5) is 4.39 Å². The van der Waals surface area contributed by atoms with Crippen LogP contribution in [0.2, 0.25) is 0 Å². The maximum atomic E-state index is 13.6. The molecule has 0 saturated carbocycles. The van der Waals surface area contributed by atoms with E-state index >= 15 is 0 Å². The predicted octanol–water partition coefficient (Wildman–Crippen LogP) is 2.59. The van der Waals surface area contributed by atoms with Crippen molar-refractivity contribution in [1.29, 1.82) is 0 Å². The highest BCUT2D eigenvalue weighted by atomic mass is 32.2. The van der Waals surface area contributed by atoms with Crippen LogP contribution in [0.3, 0.4) is 0 Å². The summed E-state index contributed by atoms with van der Waals surface area (Å²) >= 11 is 1.34. The first kappa shape index (κ1) is 12.8. The van der Waals surface area contributed by atoms with Crippen LogP contribution in [0, 0.1) is 12.7 Å². The molecule has 3 aromatic rings. The van der Waals surface area contributed by atoms with Crippen molar-refractivity contribution in [2.24, 2.45) is 0 Å². The Morgan fingerprint density at radius 1 is 1.30 bits per heavy atom. The van der Waals surface area contributed by atoms with Gasteiger partial charge in [0.15, 0.2) is 5.82 Å². The topological polar surface area (TPSA) is 80.5 Å². The zero-order chi connectivity index (χ0) is 13.9. The molecule has 0 radical (unpaired) electrons. The molecular formula is C12H10FN5OS. The Labute approximate surface area is 117 Å². The van der Waals surface area contributed by atoms with E-state index in [1.807, 2.05) is 0 Å². The first-order valence-electron chi connectivity index (χ1n) is 5.81. The summed E-state index contributed by atoms with van der Waals surface area (Å²) in [5.41, 5.74) is 0.389. The third-order valence-electron chi connectivity index (χ3n) is 2.49. The van der Waals surface area contributed by atoms with Gasteiger partial charge in [-0.1, -0.05) is 23.9 Å². The van der Waals surface area contributed by atoms with Crippen LogP contribution in [0.1, 0.15) is 11.8 Å². The Kier molecular flexibility index (Phi) is 3.46. The van der Waals surface area contributed by atoms with Gasteiger partial charge in [-0.05, 0) is 12.1 Å². The van der Waals surface area contributed by atoms with E-state index in [0.717, 1.165) is 0 Å². The molecule has 1 N–H and O–H groups in total. The summed E-state index contributed by atoms with van der Waals surface area (Å²) in [6, 6.07) is 6.40. The molecule has 0 aliphatic carbocycles. The largest absolute Gasteiger partial charge is 0.425 e. The molecule has 0 aliphatic rings. The first-order valence-corrected chi connectivity index (χ1v) is 6.80. The summed E-state index contributed by atoms with van der Waals surface area (Å²) in [4.78, 5) is 4.23. The van der Waals surface area contributed by atoms with Crippen molar-refractivity contribution < 1.29 is 8.81 Å². The van der Waals surface area contributed by atoms with Crippen LogP contribution in [-0.4, -0.2) is 25.4 Å². The highest BCUT2D eigenvalue weighted by Crippen LogP contribution is 2.23. The molecule has 1 aromatic carbocycles. The van der Waals surface area contributed by atoms with E-state index in [1.165, 1.54) is 17.8 Å². The molecule has 0 fully saturated rings. The molecule has 102 valence electrons. The van der Waals surface area contributed by atoms with Gasteiger partial charge in [0.05, 0.1) is 11.3 Å². The lowest BCUT2D eigenvalue weighted by molar-refractivity contribution is 0.485. The molecule has 0 bridgehead atoms. The Morgan fingerprint density at radius 2 is 2.15 bits per heavy atom. The zero-order valence-electron chi connectivity index (χ0n) is 10.5. The minimum atomic E-state index is -0.340. The van der Waals surface area contributed by atoms with Crippen molar-refractivity contribution in [2.75, 3.05) is 0 Å². The van der Waals surface area contributed by atoms with Gasteiger partial charge in [-0.2, -0.15) is 0 Å². The van der Waals surface area contributed by atoms with Crippen LogP contribution in [-0.2, 0) is 5.75 Å². The second-order valence-corrected chi connectivity index (χ2v) is 4.89. The highest BCUT2D eigenvalue weighted by Gasteiger charge is 2.11. The number of aryl methyl sites for hydroxylation is 1. The molecule has 2 aromatic heterocycles. The molecule has 20 heavy (non-hydrogen) atoms. The van der Waals surface area contributed by atoms with Gasteiger partial charge in [0, 0.05) is 6.92 Å². The van der Waals surface area contributed by atoms with Gasteiger partial charge in [0.25, 0.3) is 0 Å². The van der Waals surface area contributed by atoms with Crippen LogP contribution in [0.5, 0.6) is 0 Å². The summed E-state index contributed by atoms with van der Waals surface area (Å²) in [6.45, 7) is 1.73. The predicted molar refractivity (Wildman–Crippen MR) is 70.4 cm³/mol. The molecule has 3 rings (SSSR count). The number of hydrogen-bond donors (Lipinski definition) is 1. The third-order valence-corrected chi connectivity index (χ3v) is 3.32. The zero-order valence-corrected chi connectivity index (χ0v) is 11.3. The SMILES string of the molecule is Cc1nnc(CSc2n[nH]c(-c3ccccc3F)n2)o1. The molecule has 0 amide bonds. The minimum absolute atomic E-state index is 0.340. The van der Waals surface area contributed by atoms with E-state index in [2.05, 4.69) is 25.4 Å². The lowest BCUT2D eigenvalue weighted by Crippen LogP contribution is -1.85. The summed E-state index contributed by atoms with van der Waals surface area (Å²) < 4.78 is 18.9. The number of aromatic amines is 1. The van der Waals surface area contributed by atoms with Crippen molar-refractivity contribution in [3.05, 3.63) is 41.9 Å². The number of benzene rings is 1. The van der Waals surface area contributed by atoms with Gasteiger partial charge in [0.2, 0.25) is 16.9 Å². The van der Waals surface area contributed by atoms with E-state index in [0.29, 0.717) is 34.1 Å². The molecule has 8 heteroatoms. The van der Waals surface area contributed by atoms with Crippen molar-refractivity contribution in [3.8, 4) is 11.4 Å². The number of H-pyrrole nitrogens is 1. The molecule has 0 saturated heterocycles. The molecule has 0 spiro atoms. The van der Waals surface area contributed by atoms with Crippen molar-refractivity contribution in [1.82, 2.24) is 25.4 Å². The summed E-state index contributed by atoms with van der Waals surface area (Å²) in [5, 5.41) is 14.9. The molecular weight excluding hydrogens is 281 g/mol. The fourth-order valence-electron chi connectivity index (χ4n) is 1.61. The second kappa shape index (κ2) is 5.41. The number of nitrogens with one attached hydrogen (secondary N) is 1. The summed E-state index contributed by atoms with van der Waals surface area (Å²) in [6.07, 6.45) is 0. The first-order chi connectivity index (χ1) is 9.72. The maximum Gasteiger partial charge on any atom is 0.226 e. The van der Waals surface area contributed by atoms with Crippen LogP contribution in [0.25, 0.3) is 11.4 Å². The molecule has 0 atom stereocenters. The summed E-state index contributed by atoms with van der Waals surface area (Å²) in [5.74, 6) is 1.54. The fourth-order valence-corrected chi connectivity index (χ4v) is 2.24. The maximum absolute atomic E-state index is 13.6. The average Bonchev–Trinajstić information content (AvgIpc) is 3.06. The van der Waals surface area contributed by atoms with Gasteiger partial charge in [-0.25, -0.2) is 9.37 Å². The smallest absolute Gasteiger partial charge is 0.226 e. The number of nitrogens with zero attached hydrogens (tertiary/aromatic N) is 4. The number of hydrogen-bond acceptors (Lipinski definition) is 6. The van der Waals surface area contributed by atoms with E-state index in [9.17, 15) is 4.39 Å². The van der Waals surface area contributed by atoms with Crippen molar-refractivity contribution >= 4 is 11.8 Å². The summed E-state index contributed by atoms with van der Waals surface area (Å²) in [7, 11) is 0. The lowest BCUT2D eigenvalue weighted by Gasteiger charge is -1.96. The van der Waals surface area contributed by atoms with Crippen molar-refractivity contribution in [3.63, 3.8) is 0 Å². The standard InChI is InChI=1S/C12H10FN5OS/c1-7-15-16-10(19-7)6-20-12-14-11(17-18-12)8-4-2-3-5-9(8)13/h2-5H,6H2,1H3,(H,14,17,18). The van der Waals surface area contributed by atoms with E-state index < -0.39 is 0 Å². The quantitative estimate of drug-likeness (QED) is 0.744. The van der Waals surface area contributed by atoms with E-state index in [-0.39, 0.29) is 5.82 Å². The molecule has 6 nitrogen and oxygen atoms in total. The Bertz CT molecular complexity index is 726. The number of thioether (sulfide) groups is 1. The second-order valence-electron chi connectivity index (χ2n) is 3.95. The van der Waals surface area contributed by atoms with Crippen molar-refractivity contribution in [2.45, 2.75) is 17.8 Å². The Morgan fingerprint density at radius 3 is 2.90 bits per heavy atom. The van der Waals surface area contributed by atoms with E-state index in [1.54, 1.807) is 25.1 Å². The Hall–Kier alpha value is -2.22. The number of rotatable bonds is 4. The fraction of sp³-hybridized carbons (Fsp3) is 0.167. The monoisotopic (exact) mass is 291 g/mol. The highest BCUT2D eigenvalue weighted by molar-refractivity contribution is 7.98. The molecule has 2 heterocycles. The lowest BCUT2D eigenvalue weighted by atomic mass is 10.2. The van der Waals surface area contributed by atoms with Gasteiger partial charge in [0.1, 0.15) is 5.82 Å². The van der Waals surface area contributed by atoms with Gasteiger partial charge >= 0.3 is 0 Å². The minimum Gasteiger partial charge on any atom is -0.425 e. The molecule has 0 unspecified atom stereocenters. The van der Waals surface area contributed by atoms with E-state index in [4.69, 9.17) is 4.42 Å². The third kappa shape index (κ3) is 2.69. The average molecular weight is 291 g/mol. The Balaban J connectivity index is 1.72. The number of halogens is 1. The number of aromatic nitrogens is 5. The van der Waals surface area contributed by atoms with Crippen LogP contribution in [0.15, 0.2) is 33.8 Å². The van der Waals surface area contributed by atoms with Gasteiger partial charge < -0.3 is 4.42 Å². The van der Waals surface area contributed by atoms with Gasteiger partial charge in [-0.3, -0.25) is 5.10 Å². The molecule has 0 aliphatic heterocycles. The normalized spacial score (nSPS) is 10.9. The van der Waals surface area contributed by atoms with Crippen LogP contribution < -0.4 is 0 Å².